The molecule has 1 atom stereocenters. The van der Waals surface area contributed by atoms with Gasteiger partial charge in [-0.3, -0.25) is 4.79 Å². The van der Waals surface area contributed by atoms with Crippen molar-refractivity contribution in [3.05, 3.63) is 21.9 Å². The first-order valence-electron chi connectivity index (χ1n) is 4.52. The molecule has 0 aliphatic carbocycles. The van der Waals surface area contributed by atoms with Gasteiger partial charge in [-0.1, -0.05) is 0 Å². The monoisotopic (exact) mass is 307 g/mol. The molecule has 0 radical (unpaired) electrons. The molecule has 3 N–H and O–H groups in total. The third-order valence-corrected chi connectivity index (χ3v) is 2.75. The Morgan fingerprint density at radius 3 is 2.53 bits per heavy atom. The van der Waals surface area contributed by atoms with Crippen molar-refractivity contribution in [1.82, 2.24) is 0 Å². The Hall–Kier alpha value is -1.34. The summed E-state index contributed by atoms with van der Waals surface area (Å²) in [6.45, 7) is 0. The van der Waals surface area contributed by atoms with Crippen LogP contribution in [-0.4, -0.2) is 25.3 Å². The number of hydrogen-bond donors (Lipinski definition) is 2. The zero-order valence-corrected chi connectivity index (χ0v) is 10.7. The molecular weight excluding hydrogens is 297 g/mol. The van der Waals surface area contributed by atoms with Gasteiger partial charge in [0.1, 0.15) is 11.9 Å². The van der Waals surface area contributed by atoms with Gasteiger partial charge in [-0.2, -0.15) is 0 Å². The molecule has 17 heavy (non-hydrogen) atoms. The fourth-order valence-corrected chi connectivity index (χ4v) is 1.79. The van der Waals surface area contributed by atoms with Crippen molar-refractivity contribution in [2.24, 2.45) is 5.73 Å². The van der Waals surface area contributed by atoms with E-state index in [4.69, 9.17) is 20.3 Å². The first kappa shape index (κ1) is 13.7. The molecule has 0 bridgehead atoms. The third-order valence-electron chi connectivity index (χ3n) is 2.17. The Kier molecular flexibility index (Phi) is 4.30. The number of carboxylic acid groups (broad SMARTS) is 1. The van der Waals surface area contributed by atoms with E-state index in [9.17, 15) is 9.18 Å². The van der Waals surface area contributed by atoms with E-state index in [1.165, 1.54) is 20.3 Å². The van der Waals surface area contributed by atoms with Gasteiger partial charge < -0.3 is 20.3 Å². The molecule has 94 valence electrons. The summed E-state index contributed by atoms with van der Waals surface area (Å²) in [4.78, 5) is 10.8. The Morgan fingerprint density at radius 1 is 1.53 bits per heavy atom. The van der Waals surface area contributed by atoms with Crippen LogP contribution in [0.5, 0.6) is 11.5 Å². The molecule has 7 heteroatoms. The van der Waals surface area contributed by atoms with Crippen LogP contribution in [0.15, 0.2) is 10.5 Å². The van der Waals surface area contributed by atoms with Crippen molar-refractivity contribution in [1.29, 1.82) is 0 Å². The first-order valence-corrected chi connectivity index (χ1v) is 5.31. The van der Waals surface area contributed by atoms with Crippen LogP contribution in [0.4, 0.5) is 4.39 Å². The van der Waals surface area contributed by atoms with Gasteiger partial charge in [-0.15, -0.1) is 0 Å². The Balaban J connectivity index is 3.53. The fourth-order valence-electron chi connectivity index (χ4n) is 1.37. The maximum absolute atomic E-state index is 13.9. The van der Waals surface area contributed by atoms with Crippen LogP contribution in [0.2, 0.25) is 0 Å². The number of hydrogen-bond acceptors (Lipinski definition) is 4. The smallest absolute Gasteiger partial charge is 0.325 e. The fraction of sp³-hybridized carbons (Fsp3) is 0.300. The summed E-state index contributed by atoms with van der Waals surface area (Å²) in [6.07, 6.45) is 0. The largest absolute Gasteiger partial charge is 0.493 e. The van der Waals surface area contributed by atoms with Crippen molar-refractivity contribution < 1.29 is 23.8 Å². The number of aliphatic carboxylic acids is 1. The highest BCUT2D eigenvalue weighted by molar-refractivity contribution is 9.10. The summed E-state index contributed by atoms with van der Waals surface area (Å²) >= 11 is 2.96. The van der Waals surface area contributed by atoms with Gasteiger partial charge in [-0.05, 0) is 15.9 Å². The summed E-state index contributed by atoms with van der Waals surface area (Å²) in [5.41, 5.74) is 5.15. The molecule has 0 heterocycles. The number of halogens is 2. The SMILES string of the molecule is COc1cc(Br)c(F)c(C(N)C(=O)O)c1OC. The molecule has 1 aromatic rings. The second-order valence-electron chi connectivity index (χ2n) is 3.14. The number of benzene rings is 1. The molecule has 0 saturated carbocycles. The van der Waals surface area contributed by atoms with E-state index in [-0.39, 0.29) is 21.5 Å². The Morgan fingerprint density at radius 2 is 2.12 bits per heavy atom. The van der Waals surface area contributed by atoms with Crippen molar-refractivity contribution >= 4 is 21.9 Å². The van der Waals surface area contributed by atoms with Gasteiger partial charge in [0.25, 0.3) is 0 Å². The predicted octanol–water partition coefficient (Wildman–Crippen LogP) is 1.69. The summed E-state index contributed by atoms with van der Waals surface area (Å²) in [7, 11) is 2.64. The molecule has 0 fully saturated rings. The highest BCUT2D eigenvalue weighted by Crippen LogP contribution is 2.39. The number of carbonyl (C=O) groups is 1. The lowest BCUT2D eigenvalue weighted by atomic mass is 10.1. The lowest BCUT2D eigenvalue weighted by Gasteiger charge is -2.17. The number of rotatable bonds is 4. The second-order valence-corrected chi connectivity index (χ2v) is 3.99. The molecule has 0 spiro atoms. The number of nitrogens with two attached hydrogens (primary N) is 1. The highest BCUT2D eigenvalue weighted by Gasteiger charge is 2.27. The lowest BCUT2D eigenvalue weighted by Crippen LogP contribution is -2.23. The standard InChI is InChI=1S/C10H11BrFNO4/c1-16-5-3-4(11)7(12)6(9(5)17-2)8(13)10(14)15/h3,8H,13H2,1-2H3,(H,14,15). The minimum atomic E-state index is -1.53. The van der Waals surface area contributed by atoms with Crippen LogP contribution in [0.25, 0.3) is 0 Å². The van der Waals surface area contributed by atoms with Gasteiger partial charge in [0, 0.05) is 6.07 Å². The third kappa shape index (κ3) is 2.50. The summed E-state index contributed by atoms with van der Waals surface area (Å²) in [5, 5.41) is 8.83. The summed E-state index contributed by atoms with van der Waals surface area (Å²) < 4.78 is 23.8. The maximum atomic E-state index is 13.9. The topological polar surface area (TPSA) is 81.8 Å². The van der Waals surface area contributed by atoms with Crippen LogP contribution in [0, 0.1) is 5.82 Å². The van der Waals surface area contributed by atoms with Crippen molar-refractivity contribution in [3.8, 4) is 11.5 Å². The lowest BCUT2D eigenvalue weighted by molar-refractivity contribution is -0.138. The van der Waals surface area contributed by atoms with Gasteiger partial charge in [0.2, 0.25) is 0 Å². The zero-order chi connectivity index (χ0) is 13.2. The molecule has 0 aliphatic rings. The number of carboxylic acids is 1. The van der Waals surface area contributed by atoms with Gasteiger partial charge in [0.15, 0.2) is 11.5 Å². The maximum Gasteiger partial charge on any atom is 0.325 e. The van der Waals surface area contributed by atoms with Crippen LogP contribution in [0.1, 0.15) is 11.6 Å². The number of ether oxygens (including phenoxy) is 2. The number of methoxy groups -OCH3 is 2. The van der Waals surface area contributed by atoms with Crippen molar-refractivity contribution in [2.45, 2.75) is 6.04 Å². The predicted molar refractivity (Wildman–Crippen MR) is 61.8 cm³/mol. The van der Waals surface area contributed by atoms with Crippen molar-refractivity contribution in [2.75, 3.05) is 14.2 Å². The van der Waals surface area contributed by atoms with E-state index in [2.05, 4.69) is 15.9 Å². The van der Waals surface area contributed by atoms with Crippen molar-refractivity contribution in [3.63, 3.8) is 0 Å². The van der Waals surface area contributed by atoms with E-state index < -0.39 is 17.8 Å². The van der Waals surface area contributed by atoms with E-state index in [1.807, 2.05) is 0 Å². The molecule has 0 aliphatic heterocycles. The molecule has 1 rings (SSSR count). The molecule has 1 unspecified atom stereocenters. The van der Waals surface area contributed by atoms with Crippen LogP contribution in [0.3, 0.4) is 0 Å². The highest BCUT2D eigenvalue weighted by atomic mass is 79.9. The van der Waals surface area contributed by atoms with E-state index in [1.54, 1.807) is 0 Å². The summed E-state index contributed by atoms with van der Waals surface area (Å²) in [6, 6.07) is -0.192. The van der Waals surface area contributed by atoms with E-state index in [0.717, 1.165) is 0 Å². The Labute approximate surface area is 105 Å². The average molecular weight is 308 g/mol. The van der Waals surface area contributed by atoms with Crippen LogP contribution >= 0.6 is 15.9 Å². The molecule has 1 aromatic carbocycles. The molecule has 5 nitrogen and oxygen atoms in total. The summed E-state index contributed by atoms with van der Waals surface area (Å²) in [5.74, 6) is -1.96. The molecule has 0 aromatic heterocycles. The zero-order valence-electron chi connectivity index (χ0n) is 9.16. The van der Waals surface area contributed by atoms with Crippen LogP contribution < -0.4 is 15.2 Å². The molecule has 0 amide bonds. The normalized spacial score (nSPS) is 12.1. The first-order chi connectivity index (χ1) is 7.93. The van der Waals surface area contributed by atoms with Crippen LogP contribution in [-0.2, 0) is 4.79 Å². The van der Waals surface area contributed by atoms with Gasteiger partial charge in [-0.25, -0.2) is 4.39 Å². The molecule has 0 saturated heterocycles. The van der Waals surface area contributed by atoms with E-state index >= 15 is 0 Å². The minimum absolute atomic E-state index is 0.0249. The van der Waals surface area contributed by atoms with Gasteiger partial charge in [0.05, 0.1) is 24.3 Å². The molecular formula is C10H11BrFNO4. The van der Waals surface area contributed by atoms with Gasteiger partial charge >= 0.3 is 5.97 Å². The minimum Gasteiger partial charge on any atom is -0.493 e. The quantitative estimate of drug-likeness (QED) is 0.884. The average Bonchev–Trinajstić information content (AvgIpc) is 2.30. The second kappa shape index (κ2) is 5.33. The Bertz CT molecular complexity index is 452. The van der Waals surface area contributed by atoms with E-state index in [0.29, 0.717) is 0 Å².